The molecule has 1 aliphatic heterocycles. The van der Waals surface area contributed by atoms with E-state index in [-0.39, 0.29) is 5.91 Å². The van der Waals surface area contributed by atoms with Gasteiger partial charge in [0.2, 0.25) is 0 Å². The van der Waals surface area contributed by atoms with E-state index in [1.807, 2.05) is 49.2 Å². The van der Waals surface area contributed by atoms with Gasteiger partial charge in [0.05, 0.1) is 6.20 Å². The summed E-state index contributed by atoms with van der Waals surface area (Å²) in [6.45, 7) is 5.33. The second-order valence-electron chi connectivity index (χ2n) is 7.97. The molecule has 152 valence electrons. The van der Waals surface area contributed by atoms with Crippen molar-refractivity contribution in [3.8, 4) is 11.1 Å². The van der Waals surface area contributed by atoms with Crippen LogP contribution in [0.5, 0.6) is 0 Å². The van der Waals surface area contributed by atoms with Gasteiger partial charge < -0.3 is 4.90 Å². The van der Waals surface area contributed by atoms with Gasteiger partial charge in [-0.15, -0.1) is 0 Å². The maximum absolute atomic E-state index is 13.0. The number of amides is 1. The molecule has 0 radical (unpaired) electrons. The summed E-state index contributed by atoms with van der Waals surface area (Å²) in [4.78, 5) is 19.4. The summed E-state index contributed by atoms with van der Waals surface area (Å²) in [5.41, 5.74) is 6.56. The maximum atomic E-state index is 13.0. The predicted octanol–water partition coefficient (Wildman–Crippen LogP) is 3.76. The fraction of sp³-hybridized carbons (Fsp3) is 0.304. The molecule has 30 heavy (non-hydrogen) atoms. The summed E-state index contributed by atoms with van der Waals surface area (Å²) in [5.74, 6) is 0.336. The van der Waals surface area contributed by atoms with Crippen LogP contribution in [0.3, 0.4) is 0 Å². The second kappa shape index (κ2) is 7.40. The molecule has 0 atom stereocenters. The first-order chi connectivity index (χ1) is 14.6. The van der Waals surface area contributed by atoms with Crippen LogP contribution in [0.15, 0.2) is 48.7 Å². The largest absolute Gasteiger partial charge is 0.337 e. The number of aromatic nitrogens is 5. The summed E-state index contributed by atoms with van der Waals surface area (Å²) in [6, 6.07) is 14.1. The first-order valence-electron chi connectivity index (χ1n) is 10.3. The van der Waals surface area contributed by atoms with E-state index in [1.54, 1.807) is 10.6 Å². The molecule has 1 fully saturated rings. The molecule has 4 aromatic rings. The molecule has 1 aromatic carbocycles. The number of aromatic amines is 1. The van der Waals surface area contributed by atoms with Crippen LogP contribution in [-0.2, 0) is 0 Å². The Kier molecular flexibility index (Phi) is 4.58. The monoisotopic (exact) mass is 400 g/mol. The van der Waals surface area contributed by atoms with Crippen molar-refractivity contribution in [2.24, 2.45) is 0 Å². The average Bonchev–Trinajstić information content (AvgIpc) is 3.41. The maximum Gasteiger partial charge on any atom is 0.274 e. The predicted molar refractivity (Wildman–Crippen MR) is 114 cm³/mol. The molecule has 3 aromatic heterocycles. The molecule has 1 N–H and O–H groups in total. The molecule has 1 amide bonds. The lowest BCUT2D eigenvalue weighted by Gasteiger charge is -2.31. The van der Waals surface area contributed by atoms with Crippen LogP contribution < -0.4 is 0 Å². The quantitative estimate of drug-likeness (QED) is 0.568. The van der Waals surface area contributed by atoms with Gasteiger partial charge >= 0.3 is 0 Å². The van der Waals surface area contributed by atoms with Gasteiger partial charge in [-0.05, 0) is 38.3 Å². The fourth-order valence-electron chi connectivity index (χ4n) is 4.38. The second-order valence-corrected chi connectivity index (χ2v) is 7.97. The number of nitrogens with one attached hydrogen (secondary N) is 1. The molecular weight excluding hydrogens is 376 g/mol. The van der Waals surface area contributed by atoms with Gasteiger partial charge in [-0.2, -0.15) is 10.2 Å². The molecular formula is C23H24N6O. The van der Waals surface area contributed by atoms with Crippen LogP contribution >= 0.6 is 0 Å². The number of carbonyl (C=O) groups is 1. The van der Waals surface area contributed by atoms with Crippen LogP contribution in [-0.4, -0.2) is 48.7 Å². The Balaban J connectivity index is 1.32. The van der Waals surface area contributed by atoms with E-state index in [1.165, 1.54) is 5.56 Å². The summed E-state index contributed by atoms with van der Waals surface area (Å²) < 4.78 is 1.74. The zero-order valence-corrected chi connectivity index (χ0v) is 17.2. The van der Waals surface area contributed by atoms with Gasteiger partial charge in [0.25, 0.3) is 5.91 Å². The van der Waals surface area contributed by atoms with Crippen molar-refractivity contribution in [2.75, 3.05) is 13.1 Å². The lowest BCUT2D eigenvalue weighted by Crippen LogP contribution is -2.38. The fourth-order valence-corrected chi connectivity index (χ4v) is 4.38. The number of rotatable bonds is 3. The molecule has 1 saturated heterocycles. The highest BCUT2D eigenvalue weighted by molar-refractivity contribution is 5.93. The van der Waals surface area contributed by atoms with E-state index in [0.29, 0.717) is 24.7 Å². The first-order valence-corrected chi connectivity index (χ1v) is 10.3. The van der Waals surface area contributed by atoms with Crippen LogP contribution in [0.4, 0.5) is 0 Å². The molecule has 0 unspecified atom stereocenters. The summed E-state index contributed by atoms with van der Waals surface area (Å²) in [5, 5.41) is 12.0. The third-order valence-corrected chi connectivity index (χ3v) is 5.90. The van der Waals surface area contributed by atoms with Gasteiger partial charge in [-0.1, -0.05) is 30.3 Å². The normalized spacial score (nSPS) is 15.1. The number of piperidine rings is 1. The van der Waals surface area contributed by atoms with Gasteiger partial charge in [-0.3, -0.25) is 9.89 Å². The molecule has 5 rings (SSSR count). The number of benzene rings is 1. The Morgan fingerprint density at radius 1 is 1.10 bits per heavy atom. The van der Waals surface area contributed by atoms with Crippen molar-refractivity contribution >= 4 is 11.6 Å². The third kappa shape index (κ3) is 3.26. The first kappa shape index (κ1) is 18.5. The Labute approximate surface area is 174 Å². The number of hydrogen-bond acceptors (Lipinski definition) is 4. The van der Waals surface area contributed by atoms with Crippen molar-refractivity contribution in [1.29, 1.82) is 0 Å². The molecule has 1 aliphatic rings. The minimum Gasteiger partial charge on any atom is -0.337 e. The molecule has 0 spiro atoms. The average molecular weight is 400 g/mol. The topological polar surface area (TPSA) is 79.2 Å². The van der Waals surface area contributed by atoms with E-state index in [9.17, 15) is 4.79 Å². The van der Waals surface area contributed by atoms with Gasteiger partial charge in [0.1, 0.15) is 0 Å². The lowest BCUT2D eigenvalue weighted by molar-refractivity contribution is 0.0706. The van der Waals surface area contributed by atoms with Crippen LogP contribution in [0.2, 0.25) is 0 Å². The minimum atomic E-state index is -0.0242. The number of fused-ring (bicyclic) bond motifs is 1. The smallest absolute Gasteiger partial charge is 0.274 e. The Morgan fingerprint density at radius 2 is 1.87 bits per heavy atom. The van der Waals surface area contributed by atoms with Crippen molar-refractivity contribution in [1.82, 2.24) is 29.7 Å². The number of H-pyrrole nitrogens is 1. The summed E-state index contributed by atoms with van der Waals surface area (Å²) in [6.07, 6.45) is 3.70. The highest BCUT2D eigenvalue weighted by Gasteiger charge is 2.28. The van der Waals surface area contributed by atoms with Crippen LogP contribution in [0, 0.1) is 13.8 Å². The molecule has 4 heterocycles. The number of carbonyl (C=O) groups excluding carboxylic acids is 1. The number of aryl methyl sites for hydroxylation is 2. The standard InChI is InChI=1S/C23H24N6O/c1-15-12-16(2)29-21(25-15)13-20(27-29)23(30)28-10-8-18(9-11-28)22-19(14-24-26-22)17-6-4-3-5-7-17/h3-7,12-14,18H,8-11H2,1-2H3,(H,24,26). The Morgan fingerprint density at radius 3 is 2.63 bits per heavy atom. The zero-order chi connectivity index (χ0) is 20.7. The van der Waals surface area contributed by atoms with E-state index >= 15 is 0 Å². The molecule has 0 bridgehead atoms. The minimum absolute atomic E-state index is 0.0242. The lowest BCUT2D eigenvalue weighted by atomic mass is 9.89. The van der Waals surface area contributed by atoms with Crippen molar-refractivity contribution in [3.63, 3.8) is 0 Å². The van der Waals surface area contributed by atoms with Crippen LogP contribution in [0.1, 0.15) is 46.3 Å². The van der Waals surface area contributed by atoms with Gasteiger partial charge in [0, 0.05) is 47.7 Å². The van der Waals surface area contributed by atoms with Crippen molar-refractivity contribution in [3.05, 3.63) is 71.4 Å². The SMILES string of the molecule is Cc1cc(C)n2nc(C(=O)N3CCC(c4[nH]ncc4-c4ccccc4)CC3)cc2n1. The van der Waals surface area contributed by atoms with E-state index in [2.05, 4.69) is 32.4 Å². The molecule has 7 heteroatoms. The number of hydrogen-bond donors (Lipinski definition) is 1. The molecule has 7 nitrogen and oxygen atoms in total. The van der Waals surface area contributed by atoms with E-state index < -0.39 is 0 Å². The third-order valence-electron chi connectivity index (χ3n) is 5.90. The van der Waals surface area contributed by atoms with Crippen molar-refractivity contribution in [2.45, 2.75) is 32.6 Å². The van der Waals surface area contributed by atoms with Gasteiger partial charge in [-0.25, -0.2) is 9.50 Å². The molecule has 0 saturated carbocycles. The summed E-state index contributed by atoms with van der Waals surface area (Å²) >= 11 is 0. The van der Waals surface area contributed by atoms with Crippen LogP contribution in [0.25, 0.3) is 16.8 Å². The highest BCUT2D eigenvalue weighted by atomic mass is 16.2. The Bertz CT molecular complexity index is 1200. The summed E-state index contributed by atoms with van der Waals surface area (Å²) in [7, 11) is 0. The highest BCUT2D eigenvalue weighted by Crippen LogP contribution is 2.34. The number of likely N-dealkylation sites (tertiary alicyclic amines) is 1. The zero-order valence-electron chi connectivity index (χ0n) is 17.2. The van der Waals surface area contributed by atoms with Crippen molar-refractivity contribution < 1.29 is 4.79 Å². The number of nitrogens with zero attached hydrogens (tertiary/aromatic N) is 5. The van der Waals surface area contributed by atoms with Gasteiger partial charge in [0.15, 0.2) is 11.3 Å². The van der Waals surface area contributed by atoms with E-state index in [4.69, 9.17) is 0 Å². The van der Waals surface area contributed by atoms with E-state index in [0.717, 1.165) is 41.1 Å². The molecule has 0 aliphatic carbocycles. The Hall–Kier alpha value is -3.48.